The molecule has 4 nitrogen and oxygen atoms in total. The standard InChI is InChI=1S/C26H30N2O2S/c1-19-9-5-6-12-21(19)18-28-22-13-7-8-14-23(22)31-24(26(28)30)17-25(29)27-16-15-20-10-3-2-4-11-20/h2-6,9-12,17,22-23H,7-8,13-16,18H2,1H3,(H,27,29)/b24-17-. The first kappa shape index (κ1) is 21.7. The van der Waals surface area contributed by atoms with Crippen LogP contribution in [0.3, 0.4) is 0 Å². The monoisotopic (exact) mass is 434 g/mol. The van der Waals surface area contributed by atoms with E-state index in [9.17, 15) is 9.59 Å². The summed E-state index contributed by atoms with van der Waals surface area (Å²) in [5, 5.41) is 3.32. The second-order valence-corrected chi connectivity index (χ2v) is 9.68. The van der Waals surface area contributed by atoms with Crippen LogP contribution in [-0.4, -0.2) is 34.6 Å². The van der Waals surface area contributed by atoms with Crippen molar-refractivity contribution in [1.82, 2.24) is 10.2 Å². The summed E-state index contributed by atoms with van der Waals surface area (Å²) >= 11 is 1.61. The second-order valence-electron chi connectivity index (χ2n) is 8.40. The Hall–Kier alpha value is -2.53. The minimum Gasteiger partial charge on any atom is -0.352 e. The topological polar surface area (TPSA) is 49.4 Å². The molecule has 1 aliphatic heterocycles. The molecule has 2 amide bonds. The van der Waals surface area contributed by atoms with Crippen molar-refractivity contribution >= 4 is 23.6 Å². The first-order valence-corrected chi connectivity index (χ1v) is 12.1. The van der Waals surface area contributed by atoms with Crippen molar-refractivity contribution in [1.29, 1.82) is 0 Å². The van der Waals surface area contributed by atoms with Crippen molar-refractivity contribution in [3.63, 3.8) is 0 Å². The van der Waals surface area contributed by atoms with E-state index in [1.165, 1.54) is 29.2 Å². The Labute approximate surface area is 189 Å². The Morgan fingerprint density at radius 3 is 2.65 bits per heavy atom. The number of hydrogen-bond acceptors (Lipinski definition) is 3. The quantitative estimate of drug-likeness (QED) is 0.675. The number of rotatable bonds is 6. The Morgan fingerprint density at radius 1 is 1.10 bits per heavy atom. The molecule has 0 aromatic heterocycles. The Kier molecular flexibility index (Phi) is 7.13. The van der Waals surface area contributed by atoms with E-state index in [2.05, 4.69) is 36.5 Å². The van der Waals surface area contributed by atoms with Gasteiger partial charge in [0, 0.05) is 30.5 Å². The van der Waals surface area contributed by atoms with Gasteiger partial charge in [-0.15, -0.1) is 11.8 Å². The van der Waals surface area contributed by atoms with Gasteiger partial charge in [0.2, 0.25) is 5.91 Å². The molecule has 1 aliphatic carbocycles. The molecule has 2 aromatic rings. The third-order valence-corrected chi connectivity index (χ3v) is 7.64. The average molecular weight is 435 g/mol. The van der Waals surface area contributed by atoms with E-state index in [0.717, 1.165) is 25.7 Å². The van der Waals surface area contributed by atoms with Crippen LogP contribution in [0.2, 0.25) is 0 Å². The van der Waals surface area contributed by atoms with Gasteiger partial charge in [0.05, 0.1) is 4.91 Å². The number of fused-ring (bicyclic) bond motifs is 1. The zero-order valence-electron chi connectivity index (χ0n) is 18.0. The number of thioether (sulfide) groups is 1. The van der Waals surface area contributed by atoms with E-state index >= 15 is 0 Å². The van der Waals surface area contributed by atoms with E-state index in [1.807, 2.05) is 35.2 Å². The maximum atomic E-state index is 13.4. The van der Waals surface area contributed by atoms with Crippen molar-refractivity contribution in [2.45, 2.75) is 56.9 Å². The van der Waals surface area contributed by atoms with E-state index in [-0.39, 0.29) is 17.9 Å². The van der Waals surface area contributed by atoms with Crippen molar-refractivity contribution in [3.05, 3.63) is 82.3 Å². The summed E-state index contributed by atoms with van der Waals surface area (Å²) in [6, 6.07) is 18.6. The molecule has 2 fully saturated rings. The molecule has 2 unspecified atom stereocenters. The number of nitrogens with zero attached hydrogens (tertiary/aromatic N) is 1. The van der Waals surface area contributed by atoms with Crippen molar-refractivity contribution in [2.24, 2.45) is 0 Å². The summed E-state index contributed by atoms with van der Waals surface area (Å²) in [6.07, 6.45) is 6.80. The number of aryl methyl sites for hydroxylation is 1. The van der Waals surface area contributed by atoms with Gasteiger partial charge in [0.15, 0.2) is 0 Å². The predicted molar refractivity (Wildman–Crippen MR) is 127 cm³/mol. The summed E-state index contributed by atoms with van der Waals surface area (Å²) in [4.78, 5) is 28.5. The molecule has 2 aliphatic rings. The molecule has 0 spiro atoms. The summed E-state index contributed by atoms with van der Waals surface area (Å²) in [5.74, 6) is -0.188. The molecule has 1 heterocycles. The lowest BCUT2D eigenvalue weighted by atomic mass is 9.92. The number of hydrogen-bond donors (Lipinski definition) is 1. The summed E-state index contributed by atoms with van der Waals surface area (Å²) in [6.45, 7) is 3.26. The largest absolute Gasteiger partial charge is 0.352 e. The smallest absolute Gasteiger partial charge is 0.261 e. The fraction of sp³-hybridized carbons (Fsp3) is 0.385. The van der Waals surface area contributed by atoms with Gasteiger partial charge in [-0.2, -0.15) is 0 Å². The maximum absolute atomic E-state index is 13.4. The van der Waals surface area contributed by atoms with Crippen LogP contribution in [0.5, 0.6) is 0 Å². The third kappa shape index (κ3) is 5.40. The van der Waals surface area contributed by atoms with Crippen LogP contribution in [0.4, 0.5) is 0 Å². The Bertz CT molecular complexity index is 957. The molecule has 5 heteroatoms. The molecule has 0 radical (unpaired) electrons. The maximum Gasteiger partial charge on any atom is 0.261 e. The lowest BCUT2D eigenvalue weighted by Crippen LogP contribution is -2.51. The number of benzene rings is 2. The SMILES string of the molecule is Cc1ccccc1CN1C(=O)/C(=C/C(=O)NCCc2ccccc2)SC2CCCCC21. The van der Waals surface area contributed by atoms with Crippen molar-refractivity contribution in [2.75, 3.05) is 6.54 Å². The minimum atomic E-state index is -0.183. The van der Waals surface area contributed by atoms with Crippen LogP contribution >= 0.6 is 11.8 Å². The van der Waals surface area contributed by atoms with Gasteiger partial charge in [-0.25, -0.2) is 0 Å². The molecule has 1 saturated carbocycles. The van der Waals surface area contributed by atoms with Gasteiger partial charge < -0.3 is 10.2 Å². The predicted octanol–water partition coefficient (Wildman–Crippen LogP) is 4.62. The van der Waals surface area contributed by atoms with Gasteiger partial charge in [0.1, 0.15) is 0 Å². The third-order valence-electron chi connectivity index (χ3n) is 6.24. The zero-order chi connectivity index (χ0) is 21.6. The number of nitrogens with one attached hydrogen (secondary N) is 1. The van der Waals surface area contributed by atoms with Crippen LogP contribution < -0.4 is 5.32 Å². The molecule has 1 saturated heterocycles. The van der Waals surface area contributed by atoms with E-state index < -0.39 is 0 Å². The van der Waals surface area contributed by atoms with Gasteiger partial charge in [-0.05, 0) is 42.9 Å². The number of carbonyl (C=O) groups is 2. The highest BCUT2D eigenvalue weighted by molar-refractivity contribution is 8.04. The normalized spacial score (nSPS) is 22.3. The summed E-state index contributed by atoms with van der Waals surface area (Å²) < 4.78 is 0. The lowest BCUT2D eigenvalue weighted by molar-refractivity contribution is -0.130. The van der Waals surface area contributed by atoms with Crippen LogP contribution in [0.15, 0.2) is 65.6 Å². The molecular formula is C26H30N2O2S. The van der Waals surface area contributed by atoms with Crippen LogP contribution in [-0.2, 0) is 22.6 Å². The molecule has 2 atom stereocenters. The number of amides is 2. The fourth-order valence-electron chi connectivity index (χ4n) is 4.48. The molecule has 4 rings (SSSR count). The van der Waals surface area contributed by atoms with Crippen molar-refractivity contribution in [3.8, 4) is 0 Å². The van der Waals surface area contributed by atoms with E-state index in [1.54, 1.807) is 11.8 Å². The molecule has 2 aromatic carbocycles. The summed E-state index contributed by atoms with van der Waals surface area (Å²) in [7, 11) is 0. The van der Waals surface area contributed by atoms with E-state index in [0.29, 0.717) is 23.2 Å². The van der Waals surface area contributed by atoms with Crippen LogP contribution in [0, 0.1) is 6.92 Å². The first-order valence-electron chi connectivity index (χ1n) is 11.2. The Morgan fingerprint density at radius 2 is 1.84 bits per heavy atom. The average Bonchev–Trinajstić information content (AvgIpc) is 2.78. The minimum absolute atomic E-state index is 0.00499. The molecule has 31 heavy (non-hydrogen) atoms. The number of carbonyl (C=O) groups excluding carboxylic acids is 2. The first-order chi connectivity index (χ1) is 15.1. The zero-order valence-corrected chi connectivity index (χ0v) is 18.9. The Balaban J connectivity index is 1.46. The van der Waals surface area contributed by atoms with E-state index in [4.69, 9.17) is 0 Å². The van der Waals surface area contributed by atoms with Crippen molar-refractivity contribution < 1.29 is 9.59 Å². The van der Waals surface area contributed by atoms with Gasteiger partial charge in [-0.1, -0.05) is 67.4 Å². The van der Waals surface area contributed by atoms with Gasteiger partial charge in [-0.3, -0.25) is 9.59 Å². The highest BCUT2D eigenvalue weighted by Gasteiger charge is 2.40. The summed E-state index contributed by atoms with van der Waals surface area (Å²) in [5.41, 5.74) is 3.57. The molecular weight excluding hydrogens is 404 g/mol. The molecule has 162 valence electrons. The van der Waals surface area contributed by atoms with Gasteiger partial charge >= 0.3 is 0 Å². The second kappa shape index (κ2) is 10.2. The highest BCUT2D eigenvalue weighted by atomic mass is 32.2. The highest BCUT2D eigenvalue weighted by Crippen LogP contribution is 2.42. The molecule has 1 N–H and O–H groups in total. The molecule has 0 bridgehead atoms. The van der Waals surface area contributed by atoms with Crippen LogP contribution in [0.25, 0.3) is 0 Å². The van der Waals surface area contributed by atoms with Gasteiger partial charge in [0.25, 0.3) is 5.91 Å². The van der Waals surface area contributed by atoms with Crippen LogP contribution in [0.1, 0.15) is 42.4 Å². The fourth-order valence-corrected chi connectivity index (χ4v) is 5.92. The lowest BCUT2D eigenvalue weighted by Gasteiger charge is -2.44.